The molecular formula is C31H33FN6O3. The minimum Gasteiger partial charge on any atom is -0.487 e. The summed E-state index contributed by atoms with van der Waals surface area (Å²) in [5.74, 6) is 1.74. The number of rotatable bonds is 9. The predicted molar refractivity (Wildman–Crippen MR) is 154 cm³/mol. The van der Waals surface area contributed by atoms with Crippen LogP contribution in [0.25, 0.3) is 22.3 Å². The third-order valence-electron chi connectivity index (χ3n) is 7.14. The van der Waals surface area contributed by atoms with Crippen molar-refractivity contribution in [1.82, 2.24) is 24.3 Å². The van der Waals surface area contributed by atoms with Gasteiger partial charge < -0.3 is 24.5 Å². The van der Waals surface area contributed by atoms with Gasteiger partial charge in [0.1, 0.15) is 47.5 Å². The molecule has 1 saturated heterocycles. The van der Waals surface area contributed by atoms with E-state index in [-0.39, 0.29) is 6.04 Å². The van der Waals surface area contributed by atoms with Gasteiger partial charge in [0, 0.05) is 49.7 Å². The van der Waals surface area contributed by atoms with Crippen LogP contribution in [0.5, 0.6) is 17.2 Å². The van der Waals surface area contributed by atoms with Crippen LogP contribution in [0.15, 0.2) is 67.1 Å². The molecule has 0 radical (unpaired) electrons. The number of nitrogens with zero attached hydrogens (tertiary/aromatic N) is 5. The topological polar surface area (TPSA) is 102 Å². The zero-order chi connectivity index (χ0) is 28.3. The highest BCUT2D eigenvalue weighted by molar-refractivity contribution is 5.98. The Bertz CT molecular complexity index is 1640. The van der Waals surface area contributed by atoms with Gasteiger partial charge in [0.2, 0.25) is 0 Å². The molecule has 0 bridgehead atoms. The lowest BCUT2D eigenvalue weighted by Gasteiger charge is -2.22. The fourth-order valence-electron chi connectivity index (χ4n) is 5.19. The van der Waals surface area contributed by atoms with Gasteiger partial charge in [-0.15, -0.1) is 0 Å². The van der Waals surface area contributed by atoms with E-state index in [1.54, 1.807) is 6.07 Å². The molecule has 0 amide bonds. The average molecular weight is 557 g/mol. The fraction of sp³-hybridized carbons (Fsp3) is 0.323. The third kappa shape index (κ3) is 5.88. The molecule has 1 aliphatic rings. The second-order valence-corrected chi connectivity index (χ2v) is 10.7. The maximum atomic E-state index is 14.5. The minimum atomic E-state index is -0.438. The van der Waals surface area contributed by atoms with Crippen LogP contribution in [0.2, 0.25) is 0 Å². The van der Waals surface area contributed by atoms with Crippen LogP contribution in [0, 0.1) is 11.7 Å². The standard InChI is InChI=1S/C31H33FN6O3/c1-20(2)17-37-11-3-4-24(37)18-40-26-14-22(32)15-27(16-26)41-25-7-5-21(6-8-25)29-28-30(33)34-19-35-31(28)38(36-29)23-9-12-39-13-10-23/h3-8,11,14-16,19-20,23H,9-10,12-13,17-18H2,1-2H3,(H2,33,34,35). The molecule has 0 saturated carbocycles. The number of halogens is 1. The van der Waals surface area contributed by atoms with E-state index in [4.69, 9.17) is 25.0 Å². The van der Waals surface area contributed by atoms with Gasteiger partial charge in [-0.25, -0.2) is 19.0 Å². The molecule has 2 N–H and O–H groups in total. The molecule has 0 atom stereocenters. The van der Waals surface area contributed by atoms with E-state index in [1.807, 2.05) is 47.3 Å². The average Bonchev–Trinajstić information content (AvgIpc) is 3.57. The molecular weight excluding hydrogens is 523 g/mol. The van der Waals surface area contributed by atoms with Gasteiger partial charge in [-0.1, -0.05) is 13.8 Å². The highest BCUT2D eigenvalue weighted by Crippen LogP contribution is 2.35. The number of benzene rings is 2. The van der Waals surface area contributed by atoms with E-state index in [0.29, 0.717) is 60.1 Å². The number of aromatic nitrogens is 5. The van der Waals surface area contributed by atoms with Gasteiger partial charge in [0.25, 0.3) is 0 Å². The highest BCUT2D eigenvalue weighted by atomic mass is 19.1. The first-order chi connectivity index (χ1) is 19.9. The summed E-state index contributed by atoms with van der Waals surface area (Å²) in [6, 6.07) is 16.0. The number of fused-ring (bicyclic) bond motifs is 1. The van der Waals surface area contributed by atoms with E-state index in [1.165, 1.54) is 18.5 Å². The van der Waals surface area contributed by atoms with E-state index in [2.05, 4.69) is 28.4 Å². The maximum Gasteiger partial charge on any atom is 0.164 e. The van der Waals surface area contributed by atoms with Crippen molar-refractivity contribution < 1.29 is 18.6 Å². The lowest BCUT2D eigenvalue weighted by Crippen LogP contribution is -2.20. The lowest BCUT2D eigenvalue weighted by molar-refractivity contribution is 0.0674. The number of anilines is 1. The van der Waals surface area contributed by atoms with E-state index < -0.39 is 5.82 Å². The molecule has 0 aliphatic carbocycles. The number of hydrogen-bond donors (Lipinski definition) is 1. The van der Waals surface area contributed by atoms with Crippen molar-refractivity contribution in [2.45, 2.75) is 45.9 Å². The highest BCUT2D eigenvalue weighted by Gasteiger charge is 2.24. The molecule has 212 valence electrons. The summed E-state index contributed by atoms with van der Waals surface area (Å²) in [6.07, 6.45) is 5.21. The first-order valence-electron chi connectivity index (χ1n) is 13.9. The number of hydrogen-bond acceptors (Lipinski definition) is 7. The van der Waals surface area contributed by atoms with E-state index >= 15 is 0 Å². The minimum absolute atomic E-state index is 0.181. The molecule has 41 heavy (non-hydrogen) atoms. The van der Waals surface area contributed by atoms with Crippen molar-refractivity contribution in [2.75, 3.05) is 18.9 Å². The quantitative estimate of drug-likeness (QED) is 0.224. The summed E-state index contributed by atoms with van der Waals surface area (Å²) in [7, 11) is 0. The Kier molecular flexibility index (Phi) is 7.56. The number of nitrogens with two attached hydrogens (primary N) is 1. The van der Waals surface area contributed by atoms with Crippen LogP contribution in [-0.4, -0.2) is 37.5 Å². The molecule has 1 fully saturated rings. The van der Waals surface area contributed by atoms with Crippen LogP contribution < -0.4 is 15.2 Å². The molecule has 0 spiro atoms. The summed E-state index contributed by atoms with van der Waals surface area (Å²) < 4.78 is 36.0. The number of nitrogen functional groups attached to an aromatic ring is 1. The fourth-order valence-corrected chi connectivity index (χ4v) is 5.19. The van der Waals surface area contributed by atoms with Crippen molar-refractivity contribution in [2.24, 2.45) is 5.92 Å². The van der Waals surface area contributed by atoms with Crippen LogP contribution in [0.1, 0.15) is 38.4 Å². The normalized spacial score (nSPS) is 14.1. The Balaban J connectivity index is 1.20. The monoisotopic (exact) mass is 556 g/mol. The smallest absolute Gasteiger partial charge is 0.164 e. The maximum absolute atomic E-state index is 14.5. The molecule has 5 aromatic rings. The van der Waals surface area contributed by atoms with E-state index in [0.717, 1.165) is 36.0 Å². The second-order valence-electron chi connectivity index (χ2n) is 10.7. The number of ether oxygens (including phenoxy) is 3. The van der Waals surface area contributed by atoms with Crippen molar-refractivity contribution in [3.8, 4) is 28.5 Å². The van der Waals surface area contributed by atoms with Gasteiger partial charge in [0.05, 0.1) is 17.1 Å². The SMILES string of the molecule is CC(C)Cn1cccc1COc1cc(F)cc(Oc2ccc(-c3nn(C4CCOCC4)c4ncnc(N)c34)cc2)c1. The summed E-state index contributed by atoms with van der Waals surface area (Å²) >= 11 is 0. The third-order valence-corrected chi connectivity index (χ3v) is 7.14. The van der Waals surface area contributed by atoms with Crippen LogP contribution >= 0.6 is 0 Å². The van der Waals surface area contributed by atoms with Crippen LogP contribution in [-0.2, 0) is 17.9 Å². The molecule has 10 heteroatoms. The Morgan fingerprint density at radius 2 is 1.80 bits per heavy atom. The van der Waals surface area contributed by atoms with Crippen molar-refractivity contribution >= 4 is 16.9 Å². The van der Waals surface area contributed by atoms with Gasteiger partial charge in [-0.2, -0.15) is 5.10 Å². The molecule has 1 aliphatic heterocycles. The van der Waals surface area contributed by atoms with Gasteiger partial charge >= 0.3 is 0 Å². The van der Waals surface area contributed by atoms with Gasteiger partial charge in [-0.05, 0) is 55.2 Å². The first kappa shape index (κ1) is 26.8. The zero-order valence-corrected chi connectivity index (χ0v) is 23.2. The largest absolute Gasteiger partial charge is 0.487 e. The molecule has 2 aromatic carbocycles. The Labute approximate surface area is 237 Å². The molecule has 3 aromatic heterocycles. The predicted octanol–water partition coefficient (Wildman–Crippen LogP) is 6.39. The molecule has 6 rings (SSSR count). The molecule has 4 heterocycles. The van der Waals surface area contributed by atoms with Crippen LogP contribution in [0.3, 0.4) is 0 Å². The van der Waals surface area contributed by atoms with E-state index in [9.17, 15) is 4.39 Å². The lowest BCUT2D eigenvalue weighted by atomic mass is 10.1. The van der Waals surface area contributed by atoms with Crippen molar-refractivity contribution in [3.63, 3.8) is 0 Å². The molecule has 0 unspecified atom stereocenters. The Morgan fingerprint density at radius 1 is 1.02 bits per heavy atom. The second kappa shape index (κ2) is 11.6. The van der Waals surface area contributed by atoms with Gasteiger partial charge in [0.15, 0.2) is 5.65 Å². The zero-order valence-electron chi connectivity index (χ0n) is 23.2. The van der Waals surface area contributed by atoms with Crippen molar-refractivity contribution in [1.29, 1.82) is 0 Å². The molecule has 9 nitrogen and oxygen atoms in total. The Morgan fingerprint density at radius 3 is 2.59 bits per heavy atom. The summed E-state index contributed by atoms with van der Waals surface area (Å²) in [5.41, 5.74) is 9.58. The summed E-state index contributed by atoms with van der Waals surface area (Å²) in [6.45, 7) is 6.93. The summed E-state index contributed by atoms with van der Waals surface area (Å²) in [5, 5.41) is 5.64. The Hall–Kier alpha value is -4.44. The van der Waals surface area contributed by atoms with Crippen LogP contribution in [0.4, 0.5) is 10.2 Å². The summed E-state index contributed by atoms with van der Waals surface area (Å²) in [4.78, 5) is 8.70. The van der Waals surface area contributed by atoms with Gasteiger partial charge in [-0.3, -0.25) is 0 Å². The first-order valence-corrected chi connectivity index (χ1v) is 13.9. The van der Waals surface area contributed by atoms with Crippen molar-refractivity contribution in [3.05, 3.63) is 78.6 Å².